The van der Waals surface area contributed by atoms with E-state index in [-0.39, 0.29) is 0 Å². The van der Waals surface area contributed by atoms with Gasteiger partial charge in [0.25, 0.3) is 0 Å². The molecule has 0 radical (unpaired) electrons. The van der Waals surface area contributed by atoms with Gasteiger partial charge in [0.05, 0.1) is 6.61 Å². The van der Waals surface area contributed by atoms with E-state index in [0.29, 0.717) is 0 Å². The smallest absolute Gasteiger partial charge is 0.120 e. The first-order valence-corrected chi connectivity index (χ1v) is 4.71. The second-order valence-electron chi connectivity index (χ2n) is 2.34. The van der Waals surface area contributed by atoms with Gasteiger partial charge in [-0.1, -0.05) is 6.07 Å². The van der Waals surface area contributed by atoms with Crippen molar-refractivity contribution < 1.29 is 4.74 Å². The molecule has 0 heterocycles. The summed E-state index contributed by atoms with van der Waals surface area (Å²) in [5.41, 5.74) is 1.30. The number of benzene rings is 1. The number of halogens is 1. The van der Waals surface area contributed by atoms with Crippen molar-refractivity contribution in [2.75, 3.05) is 6.61 Å². The van der Waals surface area contributed by atoms with Crippen molar-refractivity contribution in [3.05, 3.63) is 27.3 Å². The highest BCUT2D eigenvalue weighted by Crippen LogP contribution is 2.18. The summed E-state index contributed by atoms with van der Waals surface area (Å²) < 4.78 is 6.59. The van der Waals surface area contributed by atoms with E-state index in [9.17, 15) is 0 Å². The van der Waals surface area contributed by atoms with Crippen LogP contribution in [0.1, 0.15) is 12.5 Å². The van der Waals surface area contributed by atoms with Crippen LogP contribution in [0.4, 0.5) is 0 Å². The van der Waals surface area contributed by atoms with Crippen molar-refractivity contribution in [1.82, 2.24) is 0 Å². The Balaban J connectivity index is 2.86. The van der Waals surface area contributed by atoms with Crippen molar-refractivity contribution >= 4 is 22.6 Å². The molecule has 0 saturated heterocycles. The minimum absolute atomic E-state index is 0.735. The molecule has 0 spiro atoms. The molecule has 0 aliphatic rings. The Morgan fingerprint density at radius 1 is 1.45 bits per heavy atom. The molecule has 0 amide bonds. The average Bonchev–Trinajstić information content (AvgIpc) is 1.98. The molecule has 0 aliphatic carbocycles. The molecular weight excluding hydrogens is 251 g/mol. The van der Waals surface area contributed by atoms with Gasteiger partial charge in [-0.15, -0.1) is 0 Å². The van der Waals surface area contributed by atoms with E-state index >= 15 is 0 Å². The molecule has 1 aromatic carbocycles. The van der Waals surface area contributed by atoms with Crippen LogP contribution in [0.5, 0.6) is 5.75 Å². The lowest BCUT2D eigenvalue weighted by Crippen LogP contribution is -1.91. The summed E-state index contributed by atoms with van der Waals surface area (Å²) in [6, 6.07) is 6.13. The standard InChI is InChI=1S/C9H11IO/c1-3-11-8-5-4-7(2)9(10)6-8/h4-6H,3H2,1-2H3. The fourth-order valence-corrected chi connectivity index (χ4v) is 1.32. The Bertz CT molecular complexity index is 245. The van der Waals surface area contributed by atoms with Crippen LogP contribution in [0.15, 0.2) is 18.2 Å². The SMILES string of the molecule is CCOc1ccc(C)c(I)c1. The Labute approximate surface area is 80.9 Å². The summed E-state index contributed by atoms with van der Waals surface area (Å²) in [5, 5.41) is 0. The summed E-state index contributed by atoms with van der Waals surface area (Å²) in [5.74, 6) is 0.961. The molecular formula is C9H11IO. The average molecular weight is 262 g/mol. The molecule has 0 fully saturated rings. The van der Waals surface area contributed by atoms with Crippen LogP contribution in [-0.2, 0) is 0 Å². The predicted octanol–water partition coefficient (Wildman–Crippen LogP) is 3.00. The number of ether oxygens (including phenoxy) is 1. The topological polar surface area (TPSA) is 9.23 Å². The molecule has 1 nitrogen and oxygen atoms in total. The molecule has 1 aromatic rings. The van der Waals surface area contributed by atoms with Gasteiger partial charge in [-0.05, 0) is 54.1 Å². The minimum Gasteiger partial charge on any atom is -0.494 e. The van der Waals surface area contributed by atoms with Crippen LogP contribution in [-0.4, -0.2) is 6.61 Å². The fourth-order valence-electron chi connectivity index (χ4n) is 0.830. The summed E-state index contributed by atoms with van der Waals surface area (Å²) >= 11 is 2.31. The lowest BCUT2D eigenvalue weighted by atomic mass is 10.2. The molecule has 0 aromatic heterocycles. The Morgan fingerprint density at radius 3 is 2.73 bits per heavy atom. The molecule has 0 unspecified atom stereocenters. The number of aryl methyl sites for hydroxylation is 1. The van der Waals surface area contributed by atoms with Crippen LogP contribution in [0, 0.1) is 10.5 Å². The molecule has 0 aliphatic heterocycles. The van der Waals surface area contributed by atoms with E-state index < -0.39 is 0 Å². The van der Waals surface area contributed by atoms with Gasteiger partial charge in [0.2, 0.25) is 0 Å². The van der Waals surface area contributed by atoms with Gasteiger partial charge in [-0.25, -0.2) is 0 Å². The Morgan fingerprint density at radius 2 is 2.18 bits per heavy atom. The fraction of sp³-hybridized carbons (Fsp3) is 0.333. The number of rotatable bonds is 2. The van der Waals surface area contributed by atoms with Gasteiger partial charge in [0, 0.05) is 3.57 Å². The maximum Gasteiger partial charge on any atom is 0.120 e. The van der Waals surface area contributed by atoms with Gasteiger partial charge in [-0.2, -0.15) is 0 Å². The van der Waals surface area contributed by atoms with Crippen LogP contribution < -0.4 is 4.74 Å². The first kappa shape index (κ1) is 8.84. The normalized spacial score (nSPS) is 9.73. The van der Waals surface area contributed by atoms with Crippen LogP contribution in [0.3, 0.4) is 0 Å². The lowest BCUT2D eigenvalue weighted by molar-refractivity contribution is 0.340. The first-order chi connectivity index (χ1) is 5.24. The monoisotopic (exact) mass is 262 g/mol. The number of hydrogen-bond donors (Lipinski definition) is 0. The molecule has 2 heteroatoms. The summed E-state index contributed by atoms with van der Waals surface area (Å²) in [6.07, 6.45) is 0. The lowest BCUT2D eigenvalue weighted by Gasteiger charge is -2.04. The zero-order valence-electron chi connectivity index (χ0n) is 6.73. The maximum atomic E-state index is 5.34. The zero-order valence-corrected chi connectivity index (χ0v) is 8.88. The second kappa shape index (κ2) is 3.95. The van der Waals surface area contributed by atoms with Crippen LogP contribution in [0.25, 0.3) is 0 Å². The van der Waals surface area contributed by atoms with E-state index in [1.807, 2.05) is 13.0 Å². The first-order valence-electron chi connectivity index (χ1n) is 3.63. The van der Waals surface area contributed by atoms with Crippen molar-refractivity contribution in [3.8, 4) is 5.75 Å². The van der Waals surface area contributed by atoms with Crippen LogP contribution in [0.2, 0.25) is 0 Å². The van der Waals surface area contributed by atoms with E-state index in [1.54, 1.807) is 0 Å². The van der Waals surface area contributed by atoms with Gasteiger partial charge < -0.3 is 4.74 Å². The highest BCUT2D eigenvalue weighted by Gasteiger charge is 1.95. The van der Waals surface area contributed by atoms with Gasteiger partial charge in [0.15, 0.2) is 0 Å². The van der Waals surface area contributed by atoms with E-state index in [1.165, 1.54) is 9.13 Å². The van der Waals surface area contributed by atoms with E-state index in [2.05, 4.69) is 41.6 Å². The minimum atomic E-state index is 0.735. The molecule has 0 bridgehead atoms. The highest BCUT2D eigenvalue weighted by molar-refractivity contribution is 14.1. The van der Waals surface area contributed by atoms with Gasteiger partial charge >= 0.3 is 0 Å². The Kier molecular flexibility index (Phi) is 3.17. The van der Waals surface area contributed by atoms with E-state index in [0.717, 1.165) is 12.4 Å². The van der Waals surface area contributed by atoms with Gasteiger partial charge in [0.1, 0.15) is 5.75 Å². The van der Waals surface area contributed by atoms with Crippen molar-refractivity contribution in [1.29, 1.82) is 0 Å². The zero-order chi connectivity index (χ0) is 8.27. The second-order valence-corrected chi connectivity index (χ2v) is 3.51. The third-order valence-corrected chi connectivity index (χ3v) is 2.62. The van der Waals surface area contributed by atoms with Crippen LogP contribution >= 0.6 is 22.6 Å². The van der Waals surface area contributed by atoms with Gasteiger partial charge in [-0.3, -0.25) is 0 Å². The third-order valence-electron chi connectivity index (χ3n) is 1.45. The molecule has 60 valence electrons. The summed E-state index contributed by atoms with van der Waals surface area (Å²) in [7, 11) is 0. The summed E-state index contributed by atoms with van der Waals surface area (Å²) in [4.78, 5) is 0. The van der Waals surface area contributed by atoms with Crippen molar-refractivity contribution in [2.24, 2.45) is 0 Å². The molecule has 11 heavy (non-hydrogen) atoms. The van der Waals surface area contributed by atoms with E-state index in [4.69, 9.17) is 4.74 Å². The number of hydrogen-bond acceptors (Lipinski definition) is 1. The quantitative estimate of drug-likeness (QED) is 0.744. The molecule has 0 atom stereocenters. The summed E-state index contributed by atoms with van der Waals surface area (Å²) in [6.45, 7) is 4.82. The third kappa shape index (κ3) is 2.36. The molecule has 1 rings (SSSR count). The molecule has 0 saturated carbocycles. The maximum absolute atomic E-state index is 5.34. The largest absolute Gasteiger partial charge is 0.494 e. The predicted molar refractivity (Wildman–Crippen MR) is 55.1 cm³/mol. The highest BCUT2D eigenvalue weighted by atomic mass is 127. The molecule has 0 N–H and O–H groups in total. The van der Waals surface area contributed by atoms with Crippen molar-refractivity contribution in [3.63, 3.8) is 0 Å². The van der Waals surface area contributed by atoms with Crippen molar-refractivity contribution in [2.45, 2.75) is 13.8 Å². The Hall–Kier alpha value is -0.250.